The van der Waals surface area contributed by atoms with E-state index in [4.69, 9.17) is 5.73 Å². The first-order chi connectivity index (χ1) is 14.2. The Bertz CT molecular complexity index is 966. The van der Waals surface area contributed by atoms with Crippen LogP contribution in [0.3, 0.4) is 0 Å². The zero-order chi connectivity index (χ0) is 20.7. The Morgan fingerprint density at radius 2 is 1.21 bits per heavy atom. The van der Waals surface area contributed by atoms with Gasteiger partial charge in [0.1, 0.15) is 0 Å². The highest BCUT2D eigenvalue weighted by Gasteiger charge is 1.97. The lowest BCUT2D eigenvalue weighted by Crippen LogP contribution is -1.86. The Labute approximate surface area is 176 Å². The molecule has 0 amide bonds. The molecule has 2 aromatic rings. The molecule has 0 unspecified atom stereocenters. The van der Waals surface area contributed by atoms with Gasteiger partial charge in [0.2, 0.25) is 0 Å². The van der Waals surface area contributed by atoms with Crippen molar-refractivity contribution in [2.75, 3.05) is 5.73 Å². The first-order valence-corrected chi connectivity index (χ1v) is 10.2. The summed E-state index contributed by atoms with van der Waals surface area (Å²) in [7, 11) is 0. The van der Waals surface area contributed by atoms with E-state index in [2.05, 4.69) is 61.8 Å². The molecular weight excluding hydrogens is 350 g/mol. The number of benzene rings is 2. The van der Waals surface area contributed by atoms with E-state index in [-0.39, 0.29) is 0 Å². The Balaban J connectivity index is 2.49. The van der Waals surface area contributed by atoms with Crippen molar-refractivity contribution < 1.29 is 0 Å². The highest BCUT2D eigenvalue weighted by atomic mass is 14.5. The lowest BCUT2D eigenvalue weighted by Gasteiger charge is -1.98. The van der Waals surface area contributed by atoms with Gasteiger partial charge in [-0.05, 0) is 61.4 Å². The molecule has 0 bridgehead atoms. The second kappa shape index (κ2) is 12.9. The number of rotatable bonds is 6. The van der Waals surface area contributed by atoms with Crippen LogP contribution in [0, 0.1) is 23.7 Å². The fraction of sp³-hybridized carbons (Fsp3) is 0.214. The van der Waals surface area contributed by atoms with Crippen LogP contribution in [-0.4, -0.2) is 0 Å². The normalized spacial score (nSPS) is 11.5. The molecule has 0 fully saturated rings. The predicted octanol–water partition coefficient (Wildman–Crippen LogP) is 6.68. The van der Waals surface area contributed by atoms with E-state index >= 15 is 0 Å². The Hall–Kier alpha value is -3.42. The third kappa shape index (κ3) is 8.42. The maximum Gasteiger partial charge on any atom is 0.0402 e. The van der Waals surface area contributed by atoms with Crippen LogP contribution in [0.2, 0.25) is 0 Å². The topological polar surface area (TPSA) is 26.0 Å². The number of nitrogen functional groups attached to an aromatic ring is 1. The quantitative estimate of drug-likeness (QED) is 0.338. The predicted molar refractivity (Wildman–Crippen MR) is 126 cm³/mol. The SMILES string of the molecule is CCC/C=C/C(C#Cc1ccccc1)=C(C#Cc1ccc(N)cc1)/C=C/CCC. The first kappa shape index (κ1) is 21.9. The monoisotopic (exact) mass is 379 g/mol. The maximum absolute atomic E-state index is 5.78. The van der Waals surface area contributed by atoms with Gasteiger partial charge in [0.15, 0.2) is 0 Å². The van der Waals surface area contributed by atoms with Crippen LogP contribution in [0.1, 0.15) is 50.7 Å². The Morgan fingerprint density at radius 1 is 0.724 bits per heavy atom. The van der Waals surface area contributed by atoms with Crippen LogP contribution >= 0.6 is 0 Å². The molecule has 2 N–H and O–H groups in total. The van der Waals surface area contributed by atoms with E-state index in [1.165, 1.54) is 0 Å². The lowest BCUT2D eigenvalue weighted by molar-refractivity contribution is 0.957. The summed E-state index contributed by atoms with van der Waals surface area (Å²) in [4.78, 5) is 0. The van der Waals surface area contributed by atoms with Gasteiger partial charge in [-0.2, -0.15) is 0 Å². The highest BCUT2D eigenvalue weighted by Crippen LogP contribution is 2.11. The van der Waals surface area contributed by atoms with Crippen LogP contribution in [0.15, 0.2) is 90.0 Å². The zero-order valence-corrected chi connectivity index (χ0v) is 17.4. The molecule has 1 heteroatoms. The van der Waals surface area contributed by atoms with Crippen LogP contribution in [0.5, 0.6) is 0 Å². The van der Waals surface area contributed by atoms with Crippen LogP contribution < -0.4 is 5.73 Å². The smallest absolute Gasteiger partial charge is 0.0402 e. The number of hydrogen-bond donors (Lipinski definition) is 1. The minimum absolute atomic E-state index is 0.742. The van der Waals surface area contributed by atoms with Crippen molar-refractivity contribution in [3.63, 3.8) is 0 Å². The molecule has 0 aromatic heterocycles. The average molecular weight is 380 g/mol. The van der Waals surface area contributed by atoms with E-state index in [9.17, 15) is 0 Å². The number of allylic oxidation sites excluding steroid dienone is 6. The van der Waals surface area contributed by atoms with E-state index in [1.807, 2.05) is 54.6 Å². The van der Waals surface area contributed by atoms with Crippen molar-refractivity contribution in [3.05, 3.63) is 101 Å². The molecule has 0 spiro atoms. The van der Waals surface area contributed by atoms with Gasteiger partial charge >= 0.3 is 0 Å². The molecule has 29 heavy (non-hydrogen) atoms. The molecule has 1 nitrogen and oxygen atoms in total. The van der Waals surface area contributed by atoms with Gasteiger partial charge in [-0.15, -0.1) is 0 Å². The third-order valence-electron chi connectivity index (χ3n) is 4.14. The average Bonchev–Trinajstić information content (AvgIpc) is 2.75. The van der Waals surface area contributed by atoms with E-state index in [0.717, 1.165) is 53.6 Å². The summed E-state index contributed by atoms with van der Waals surface area (Å²) >= 11 is 0. The maximum atomic E-state index is 5.78. The summed E-state index contributed by atoms with van der Waals surface area (Å²) in [6, 6.07) is 17.7. The van der Waals surface area contributed by atoms with Gasteiger partial charge < -0.3 is 5.73 Å². The molecule has 2 rings (SSSR count). The van der Waals surface area contributed by atoms with Gasteiger partial charge in [-0.1, -0.05) is 80.7 Å². The molecule has 2 aromatic carbocycles. The number of unbranched alkanes of at least 4 members (excludes halogenated alkanes) is 2. The third-order valence-corrected chi connectivity index (χ3v) is 4.14. The Morgan fingerprint density at radius 3 is 1.69 bits per heavy atom. The largest absolute Gasteiger partial charge is 0.399 e. The van der Waals surface area contributed by atoms with Crippen molar-refractivity contribution >= 4 is 5.69 Å². The van der Waals surface area contributed by atoms with E-state index < -0.39 is 0 Å². The molecule has 0 aliphatic rings. The van der Waals surface area contributed by atoms with Crippen molar-refractivity contribution in [1.29, 1.82) is 0 Å². The van der Waals surface area contributed by atoms with Crippen molar-refractivity contribution in [3.8, 4) is 23.7 Å². The fourth-order valence-corrected chi connectivity index (χ4v) is 2.50. The minimum atomic E-state index is 0.742. The van der Waals surface area contributed by atoms with Crippen LogP contribution in [0.4, 0.5) is 5.69 Å². The van der Waals surface area contributed by atoms with Gasteiger partial charge in [-0.25, -0.2) is 0 Å². The standard InChI is InChI=1S/C28H29N/c1-3-5-8-14-26(20-16-24-12-10-7-11-13-24)27(15-9-6-4-2)21-17-25-18-22-28(29)23-19-25/h7-15,18-19,22-23H,3-6,29H2,1-2H3/b14-8+,15-9+,27-26+. The molecule has 0 saturated carbocycles. The van der Waals surface area contributed by atoms with Crippen molar-refractivity contribution in [1.82, 2.24) is 0 Å². The summed E-state index contributed by atoms with van der Waals surface area (Å²) in [6.07, 6.45) is 12.8. The number of anilines is 1. The summed E-state index contributed by atoms with van der Waals surface area (Å²) in [6.45, 7) is 4.34. The van der Waals surface area contributed by atoms with Gasteiger partial charge in [0, 0.05) is 28.0 Å². The molecule has 0 atom stereocenters. The lowest BCUT2D eigenvalue weighted by atomic mass is 10.0. The van der Waals surface area contributed by atoms with Crippen LogP contribution in [0.25, 0.3) is 0 Å². The second-order valence-electron chi connectivity index (χ2n) is 6.70. The number of nitrogens with two attached hydrogens (primary N) is 1. The van der Waals surface area contributed by atoms with Gasteiger partial charge in [-0.3, -0.25) is 0 Å². The van der Waals surface area contributed by atoms with E-state index in [1.54, 1.807) is 0 Å². The van der Waals surface area contributed by atoms with Gasteiger partial charge in [0.25, 0.3) is 0 Å². The first-order valence-electron chi connectivity index (χ1n) is 10.2. The fourth-order valence-electron chi connectivity index (χ4n) is 2.50. The summed E-state index contributed by atoms with van der Waals surface area (Å²) < 4.78 is 0. The molecule has 0 aliphatic heterocycles. The minimum Gasteiger partial charge on any atom is -0.399 e. The van der Waals surface area contributed by atoms with Crippen molar-refractivity contribution in [2.24, 2.45) is 0 Å². The molecular formula is C28H29N. The van der Waals surface area contributed by atoms with E-state index in [0.29, 0.717) is 0 Å². The second-order valence-corrected chi connectivity index (χ2v) is 6.70. The summed E-state index contributed by atoms with van der Waals surface area (Å²) in [5, 5.41) is 0. The molecule has 146 valence electrons. The van der Waals surface area contributed by atoms with Crippen molar-refractivity contribution in [2.45, 2.75) is 39.5 Å². The highest BCUT2D eigenvalue weighted by molar-refractivity contribution is 5.58. The molecule has 0 saturated heterocycles. The molecule has 0 aliphatic carbocycles. The molecule has 0 radical (unpaired) electrons. The molecule has 0 heterocycles. The summed E-state index contributed by atoms with van der Waals surface area (Å²) in [5.74, 6) is 13.2. The summed E-state index contributed by atoms with van der Waals surface area (Å²) in [5.41, 5.74) is 10.3. The number of hydrogen-bond acceptors (Lipinski definition) is 1. The van der Waals surface area contributed by atoms with Gasteiger partial charge in [0.05, 0.1) is 0 Å². The van der Waals surface area contributed by atoms with Crippen LogP contribution in [-0.2, 0) is 0 Å². The zero-order valence-electron chi connectivity index (χ0n) is 17.4. The Kier molecular flexibility index (Phi) is 9.71.